The average Bonchev–Trinajstić information content (AvgIpc) is 3.61. The minimum absolute atomic E-state index is 0.609. The Kier molecular flexibility index (Phi) is 6.52. The first kappa shape index (κ1) is 29.5. The summed E-state index contributed by atoms with van der Waals surface area (Å²) in [6.07, 6.45) is 0. The summed E-state index contributed by atoms with van der Waals surface area (Å²) in [4.78, 5) is 15.3. The summed E-state index contributed by atoms with van der Waals surface area (Å²) in [7, 11) is 0. The van der Waals surface area contributed by atoms with Crippen molar-refractivity contribution in [3.05, 3.63) is 176 Å². The molecule has 2 heterocycles. The van der Waals surface area contributed by atoms with E-state index in [1.807, 2.05) is 36.4 Å². The molecule has 0 aliphatic carbocycles. The Labute approximate surface area is 304 Å². The monoisotopic (exact) mass is 675 g/mol. The first-order valence-electron chi connectivity index (χ1n) is 17.9. The van der Waals surface area contributed by atoms with Crippen molar-refractivity contribution in [2.75, 3.05) is 0 Å². The van der Waals surface area contributed by atoms with Crippen LogP contribution in [0, 0.1) is 0 Å². The lowest BCUT2D eigenvalue weighted by atomic mass is 9.95. The van der Waals surface area contributed by atoms with E-state index in [0.29, 0.717) is 17.5 Å². The lowest BCUT2D eigenvalue weighted by Gasteiger charge is -2.11. The standard InChI is InChI=1S/C49H29N3O/c1-3-11-30(12-4-1)42-29-44-43-28-35(23-26-45(43)53-46(44)40-18-10-9-17-37(40)42)49-51-47(33-14-5-2-6-15-33)50-48(52-49)34-20-19-32-22-24-38-36-16-8-7-13-31(36)21-25-39(38)41(32)27-34/h1-29H. The number of furan rings is 1. The summed E-state index contributed by atoms with van der Waals surface area (Å²) in [5.41, 5.74) is 6.81. The van der Waals surface area contributed by atoms with E-state index in [0.717, 1.165) is 49.4 Å². The number of benzene rings is 9. The molecule has 11 aromatic rings. The van der Waals surface area contributed by atoms with Crippen LogP contribution >= 0.6 is 0 Å². The van der Waals surface area contributed by atoms with Crippen LogP contribution in [0.25, 0.3) is 110 Å². The molecule has 0 amide bonds. The Hall–Kier alpha value is -7.17. The van der Waals surface area contributed by atoms with Crippen molar-refractivity contribution in [3.8, 4) is 45.3 Å². The van der Waals surface area contributed by atoms with Gasteiger partial charge in [-0.05, 0) is 79.2 Å². The van der Waals surface area contributed by atoms with Gasteiger partial charge in [-0.25, -0.2) is 15.0 Å². The van der Waals surface area contributed by atoms with E-state index in [1.165, 1.54) is 43.4 Å². The molecule has 53 heavy (non-hydrogen) atoms. The van der Waals surface area contributed by atoms with Crippen LogP contribution in [0.15, 0.2) is 180 Å². The molecule has 4 heteroatoms. The third-order valence-electron chi connectivity index (χ3n) is 10.5. The van der Waals surface area contributed by atoms with Gasteiger partial charge in [0, 0.05) is 32.8 Å². The number of nitrogens with zero attached hydrogens (tertiary/aromatic N) is 3. The lowest BCUT2D eigenvalue weighted by molar-refractivity contribution is 0.672. The van der Waals surface area contributed by atoms with Crippen LogP contribution < -0.4 is 0 Å². The van der Waals surface area contributed by atoms with E-state index in [-0.39, 0.29) is 0 Å². The molecule has 246 valence electrons. The van der Waals surface area contributed by atoms with Crippen LogP contribution in [-0.4, -0.2) is 15.0 Å². The Morgan fingerprint density at radius 1 is 0.302 bits per heavy atom. The summed E-state index contributed by atoms with van der Waals surface area (Å²) < 4.78 is 6.58. The molecular weight excluding hydrogens is 647 g/mol. The molecule has 0 unspecified atom stereocenters. The van der Waals surface area contributed by atoms with E-state index in [1.54, 1.807) is 0 Å². The highest BCUT2D eigenvalue weighted by molar-refractivity contribution is 6.20. The molecule has 0 radical (unpaired) electrons. The molecule has 0 aliphatic heterocycles. The predicted molar refractivity (Wildman–Crippen MR) is 219 cm³/mol. The molecule has 0 spiro atoms. The van der Waals surface area contributed by atoms with Crippen molar-refractivity contribution in [3.63, 3.8) is 0 Å². The number of fused-ring (bicyclic) bond motifs is 10. The molecule has 0 bridgehead atoms. The van der Waals surface area contributed by atoms with Gasteiger partial charge in [0.15, 0.2) is 17.5 Å². The highest BCUT2D eigenvalue weighted by Gasteiger charge is 2.18. The van der Waals surface area contributed by atoms with Gasteiger partial charge in [0.25, 0.3) is 0 Å². The van der Waals surface area contributed by atoms with Crippen molar-refractivity contribution in [2.45, 2.75) is 0 Å². The predicted octanol–water partition coefficient (Wildman–Crippen LogP) is 13.1. The van der Waals surface area contributed by atoms with Crippen molar-refractivity contribution in [2.24, 2.45) is 0 Å². The van der Waals surface area contributed by atoms with Gasteiger partial charge in [-0.3, -0.25) is 0 Å². The SMILES string of the molecule is c1ccc(-c2nc(-c3ccc4ccc5c6ccccc6ccc5c4c3)nc(-c3ccc4oc5c6ccccc6c(-c6ccccc6)cc5c4c3)n2)cc1. The van der Waals surface area contributed by atoms with Crippen molar-refractivity contribution in [1.29, 1.82) is 0 Å². The first-order chi connectivity index (χ1) is 26.2. The van der Waals surface area contributed by atoms with Gasteiger partial charge in [0.1, 0.15) is 11.2 Å². The Bertz CT molecular complexity index is 3220. The van der Waals surface area contributed by atoms with Crippen molar-refractivity contribution < 1.29 is 4.42 Å². The fourth-order valence-electron chi connectivity index (χ4n) is 7.90. The quantitative estimate of drug-likeness (QED) is 0.174. The highest BCUT2D eigenvalue weighted by atomic mass is 16.3. The summed E-state index contributed by atoms with van der Waals surface area (Å²) in [6.45, 7) is 0. The molecule has 4 nitrogen and oxygen atoms in total. The third-order valence-corrected chi connectivity index (χ3v) is 10.5. The zero-order chi connectivity index (χ0) is 34.9. The van der Waals surface area contributed by atoms with Gasteiger partial charge >= 0.3 is 0 Å². The molecule has 0 saturated carbocycles. The second-order valence-electron chi connectivity index (χ2n) is 13.6. The third kappa shape index (κ3) is 4.80. The number of aromatic nitrogens is 3. The second-order valence-corrected chi connectivity index (χ2v) is 13.6. The van der Waals surface area contributed by atoms with Gasteiger partial charge < -0.3 is 4.42 Å². The molecule has 9 aromatic carbocycles. The fraction of sp³-hybridized carbons (Fsp3) is 0. The van der Waals surface area contributed by atoms with E-state index >= 15 is 0 Å². The molecule has 0 fully saturated rings. The van der Waals surface area contributed by atoms with Crippen LogP contribution in [0.4, 0.5) is 0 Å². The van der Waals surface area contributed by atoms with Gasteiger partial charge in [0.2, 0.25) is 0 Å². The molecule has 0 N–H and O–H groups in total. The molecule has 11 rings (SSSR count). The van der Waals surface area contributed by atoms with Gasteiger partial charge in [-0.1, -0.05) is 146 Å². The molecule has 0 aliphatic rings. The first-order valence-corrected chi connectivity index (χ1v) is 17.9. The van der Waals surface area contributed by atoms with Gasteiger partial charge in [0.05, 0.1) is 0 Å². The highest BCUT2D eigenvalue weighted by Crippen LogP contribution is 2.41. The zero-order valence-electron chi connectivity index (χ0n) is 28.5. The molecule has 0 atom stereocenters. The lowest BCUT2D eigenvalue weighted by Crippen LogP contribution is -2.00. The summed E-state index contributed by atoms with van der Waals surface area (Å²) in [5.74, 6) is 1.87. The van der Waals surface area contributed by atoms with Crippen LogP contribution in [0.5, 0.6) is 0 Å². The number of hydrogen-bond donors (Lipinski definition) is 0. The van der Waals surface area contributed by atoms with E-state index < -0.39 is 0 Å². The van der Waals surface area contributed by atoms with Crippen LogP contribution in [-0.2, 0) is 0 Å². The van der Waals surface area contributed by atoms with E-state index in [9.17, 15) is 0 Å². The summed E-state index contributed by atoms with van der Waals surface area (Å²) in [6, 6.07) is 61.6. The summed E-state index contributed by atoms with van der Waals surface area (Å²) in [5, 5.41) is 11.6. The maximum Gasteiger partial charge on any atom is 0.164 e. The smallest absolute Gasteiger partial charge is 0.164 e. The maximum absolute atomic E-state index is 6.58. The van der Waals surface area contributed by atoms with Gasteiger partial charge in [-0.2, -0.15) is 0 Å². The number of hydrogen-bond acceptors (Lipinski definition) is 4. The van der Waals surface area contributed by atoms with Crippen LogP contribution in [0.2, 0.25) is 0 Å². The minimum atomic E-state index is 0.609. The van der Waals surface area contributed by atoms with Crippen molar-refractivity contribution in [1.82, 2.24) is 15.0 Å². The minimum Gasteiger partial charge on any atom is -0.455 e. The van der Waals surface area contributed by atoms with Crippen molar-refractivity contribution >= 4 is 65.0 Å². The maximum atomic E-state index is 6.58. The topological polar surface area (TPSA) is 51.8 Å². The van der Waals surface area contributed by atoms with Crippen LogP contribution in [0.1, 0.15) is 0 Å². The Balaban J connectivity index is 1.12. The largest absolute Gasteiger partial charge is 0.455 e. The van der Waals surface area contributed by atoms with Crippen LogP contribution in [0.3, 0.4) is 0 Å². The van der Waals surface area contributed by atoms with E-state index in [4.69, 9.17) is 19.4 Å². The zero-order valence-corrected chi connectivity index (χ0v) is 28.5. The fourth-order valence-corrected chi connectivity index (χ4v) is 7.90. The second kappa shape index (κ2) is 11.7. The van der Waals surface area contributed by atoms with Gasteiger partial charge in [-0.15, -0.1) is 0 Å². The Morgan fingerprint density at radius 2 is 0.830 bits per heavy atom. The molecular formula is C49H29N3O. The molecule has 2 aromatic heterocycles. The molecule has 0 saturated heterocycles. The van der Waals surface area contributed by atoms with E-state index in [2.05, 4.69) is 140 Å². The summed E-state index contributed by atoms with van der Waals surface area (Å²) >= 11 is 0. The Morgan fingerprint density at radius 3 is 1.57 bits per heavy atom. The normalized spacial score (nSPS) is 11.8. The average molecular weight is 676 g/mol. The number of rotatable bonds is 4.